The summed E-state index contributed by atoms with van der Waals surface area (Å²) in [6.45, 7) is 8.59. The van der Waals surface area contributed by atoms with Gasteiger partial charge < -0.3 is 10.1 Å². The molecule has 0 atom stereocenters. The van der Waals surface area contributed by atoms with Crippen molar-refractivity contribution in [2.24, 2.45) is 0 Å². The number of terminal acetylenes is 1. The fraction of sp³-hybridized carbons (Fsp3) is 0.800. The van der Waals surface area contributed by atoms with E-state index in [1.807, 2.05) is 0 Å². The van der Waals surface area contributed by atoms with Gasteiger partial charge in [-0.25, -0.2) is 0 Å². The van der Waals surface area contributed by atoms with Crippen LogP contribution in [0.1, 0.15) is 27.2 Å². The van der Waals surface area contributed by atoms with Gasteiger partial charge >= 0.3 is 0 Å². The molecule has 0 saturated heterocycles. The van der Waals surface area contributed by atoms with E-state index in [1.165, 1.54) is 0 Å². The van der Waals surface area contributed by atoms with Gasteiger partial charge in [-0.2, -0.15) is 0 Å². The molecule has 0 amide bonds. The van der Waals surface area contributed by atoms with Crippen molar-refractivity contribution >= 4 is 0 Å². The lowest BCUT2D eigenvalue weighted by molar-refractivity contribution is 0.162. The summed E-state index contributed by atoms with van der Waals surface area (Å²) in [6, 6.07) is 0. The van der Waals surface area contributed by atoms with Crippen molar-refractivity contribution in [3.63, 3.8) is 0 Å². The first-order chi connectivity index (χ1) is 5.56. The summed E-state index contributed by atoms with van der Waals surface area (Å²) >= 11 is 0. The lowest BCUT2D eigenvalue weighted by Crippen LogP contribution is -2.36. The van der Waals surface area contributed by atoms with E-state index in [-0.39, 0.29) is 5.54 Å². The Hall–Kier alpha value is -0.520. The Kier molecular flexibility index (Phi) is 5.79. The van der Waals surface area contributed by atoms with Gasteiger partial charge in [0.2, 0.25) is 0 Å². The normalized spacial score (nSPS) is 11.2. The highest BCUT2D eigenvalue weighted by Gasteiger charge is 2.06. The first-order valence-electron chi connectivity index (χ1n) is 4.32. The van der Waals surface area contributed by atoms with Crippen LogP contribution >= 0.6 is 0 Å². The van der Waals surface area contributed by atoms with Crippen molar-refractivity contribution in [2.45, 2.75) is 32.7 Å². The number of nitrogens with one attached hydrogen (secondary N) is 1. The minimum Gasteiger partial charge on any atom is -0.369 e. The molecule has 1 N–H and O–H groups in total. The standard InChI is InChI=1S/C10H19NO/c1-5-8-12-9-6-7-11-10(2,3)4/h1,11H,6-9H2,2-4H3. The molecule has 0 aliphatic rings. The summed E-state index contributed by atoms with van der Waals surface area (Å²) < 4.78 is 5.12. The van der Waals surface area contributed by atoms with Crippen LogP contribution in [0.2, 0.25) is 0 Å². The summed E-state index contributed by atoms with van der Waals surface area (Å²) in [7, 11) is 0. The minimum atomic E-state index is 0.201. The van der Waals surface area contributed by atoms with Gasteiger partial charge in [-0.1, -0.05) is 5.92 Å². The molecular weight excluding hydrogens is 150 g/mol. The van der Waals surface area contributed by atoms with Crippen LogP contribution in [0.5, 0.6) is 0 Å². The van der Waals surface area contributed by atoms with Gasteiger partial charge in [0.05, 0.1) is 0 Å². The number of ether oxygens (including phenoxy) is 1. The second-order valence-electron chi connectivity index (χ2n) is 3.79. The van der Waals surface area contributed by atoms with Crippen LogP contribution in [0.4, 0.5) is 0 Å². The molecule has 0 aromatic carbocycles. The van der Waals surface area contributed by atoms with E-state index in [9.17, 15) is 0 Å². The van der Waals surface area contributed by atoms with Crippen LogP contribution in [0.3, 0.4) is 0 Å². The second kappa shape index (κ2) is 6.05. The molecule has 2 heteroatoms. The minimum absolute atomic E-state index is 0.201. The van der Waals surface area contributed by atoms with Gasteiger partial charge in [-0.15, -0.1) is 6.42 Å². The molecule has 70 valence electrons. The average Bonchev–Trinajstić information content (AvgIpc) is 1.94. The monoisotopic (exact) mass is 169 g/mol. The van der Waals surface area contributed by atoms with Crippen molar-refractivity contribution < 1.29 is 4.74 Å². The van der Waals surface area contributed by atoms with Crippen LogP contribution in [-0.4, -0.2) is 25.3 Å². The Morgan fingerprint density at radius 2 is 2.08 bits per heavy atom. The average molecular weight is 169 g/mol. The lowest BCUT2D eigenvalue weighted by Gasteiger charge is -2.20. The largest absolute Gasteiger partial charge is 0.369 e. The predicted octanol–water partition coefficient (Wildman–Crippen LogP) is 1.41. The summed E-state index contributed by atoms with van der Waals surface area (Å²) in [6.07, 6.45) is 6.03. The molecule has 0 heterocycles. The van der Waals surface area contributed by atoms with Gasteiger partial charge in [0.1, 0.15) is 6.61 Å². The number of hydrogen-bond acceptors (Lipinski definition) is 2. The van der Waals surface area contributed by atoms with Crippen molar-refractivity contribution in [2.75, 3.05) is 19.8 Å². The SMILES string of the molecule is C#CCOCCCNC(C)(C)C. The van der Waals surface area contributed by atoms with E-state index < -0.39 is 0 Å². The van der Waals surface area contributed by atoms with E-state index in [1.54, 1.807) is 0 Å². The maximum absolute atomic E-state index is 5.12. The number of rotatable bonds is 5. The molecule has 0 bridgehead atoms. The van der Waals surface area contributed by atoms with Crippen molar-refractivity contribution in [3.8, 4) is 12.3 Å². The fourth-order valence-corrected chi connectivity index (χ4v) is 0.769. The Balaban J connectivity index is 3.07. The van der Waals surface area contributed by atoms with Gasteiger partial charge in [0.25, 0.3) is 0 Å². The Bertz CT molecular complexity index is 141. The molecule has 0 unspecified atom stereocenters. The van der Waals surface area contributed by atoms with E-state index >= 15 is 0 Å². The quantitative estimate of drug-likeness (QED) is 0.496. The summed E-state index contributed by atoms with van der Waals surface area (Å²) in [5.74, 6) is 2.43. The van der Waals surface area contributed by atoms with E-state index in [2.05, 4.69) is 32.0 Å². The van der Waals surface area contributed by atoms with Crippen molar-refractivity contribution in [1.82, 2.24) is 5.32 Å². The highest BCUT2D eigenvalue weighted by atomic mass is 16.5. The van der Waals surface area contributed by atoms with Crippen LogP contribution in [-0.2, 0) is 4.74 Å². The van der Waals surface area contributed by atoms with E-state index in [4.69, 9.17) is 11.2 Å². The third-order valence-electron chi connectivity index (χ3n) is 1.31. The highest BCUT2D eigenvalue weighted by molar-refractivity contribution is 4.82. The summed E-state index contributed by atoms with van der Waals surface area (Å²) in [4.78, 5) is 0. The van der Waals surface area contributed by atoms with Crippen molar-refractivity contribution in [3.05, 3.63) is 0 Å². The summed E-state index contributed by atoms with van der Waals surface area (Å²) in [5.41, 5.74) is 0.201. The molecule has 0 aromatic rings. The van der Waals surface area contributed by atoms with E-state index in [0.717, 1.165) is 19.6 Å². The van der Waals surface area contributed by atoms with E-state index in [0.29, 0.717) is 6.61 Å². The van der Waals surface area contributed by atoms with Crippen molar-refractivity contribution in [1.29, 1.82) is 0 Å². The zero-order valence-corrected chi connectivity index (χ0v) is 8.31. The zero-order chi connectivity index (χ0) is 9.45. The molecular formula is C10H19NO. The topological polar surface area (TPSA) is 21.3 Å². The Labute approximate surface area is 75.7 Å². The van der Waals surface area contributed by atoms with Crippen LogP contribution < -0.4 is 5.32 Å². The Morgan fingerprint density at radius 1 is 1.42 bits per heavy atom. The smallest absolute Gasteiger partial charge is 0.107 e. The number of hydrogen-bond donors (Lipinski definition) is 1. The molecule has 0 spiro atoms. The molecule has 0 radical (unpaired) electrons. The van der Waals surface area contributed by atoms with Crippen LogP contribution in [0, 0.1) is 12.3 Å². The van der Waals surface area contributed by atoms with Gasteiger partial charge in [-0.05, 0) is 33.7 Å². The van der Waals surface area contributed by atoms with Gasteiger partial charge in [-0.3, -0.25) is 0 Å². The molecule has 12 heavy (non-hydrogen) atoms. The predicted molar refractivity (Wildman–Crippen MR) is 52.0 cm³/mol. The first-order valence-corrected chi connectivity index (χ1v) is 4.32. The van der Waals surface area contributed by atoms with Gasteiger partial charge in [0, 0.05) is 12.1 Å². The molecule has 2 nitrogen and oxygen atoms in total. The first kappa shape index (κ1) is 11.5. The van der Waals surface area contributed by atoms with Crippen LogP contribution in [0.15, 0.2) is 0 Å². The van der Waals surface area contributed by atoms with Gasteiger partial charge in [0.15, 0.2) is 0 Å². The summed E-state index contributed by atoms with van der Waals surface area (Å²) in [5, 5.41) is 3.37. The zero-order valence-electron chi connectivity index (χ0n) is 8.31. The maximum atomic E-state index is 5.12. The molecule has 0 rings (SSSR count). The molecule has 0 aliphatic heterocycles. The van der Waals surface area contributed by atoms with Crippen LogP contribution in [0.25, 0.3) is 0 Å². The molecule has 0 aliphatic carbocycles. The second-order valence-corrected chi connectivity index (χ2v) is 3.79. The maximum Gasteiger partial charge on any atom is 0.107 e. The third kappa shape index (κ3) is 9.48. The fourth-order valence-electron chi connectivity index (χ4n) is 0.769. The molecule has 0 fully saturated rings. The molecule has 0 aromatic heterocycles. The molecule has 0 saturated carbocycles. The lowest BCUT2D eigenvalue weighted by atomic mass is 10.1. The Morgan fingerprint density at radius 3 is 2.58 bits per heavy atom. The highest BCUT2D eigenvalue weighted by Crippen LogP contribution is 1.97. The third-order valence-corrected chi connectivity index (χ3v) is 1.31.